The van der Waals surface area contributed by atoms with Gasteiger partial charge in [0.2, 0.25) is 11.8 Å². The molecule has 0 aromatic carbocycles. The van der Waals surface area contributed by atoms with Crippen LogP contribution in [0.4, 0.5) is 0 Å². The Hall–Kier alpha value is -0.770. The van der Waals surface area contributed by atoms with Crippen molar-refractivity contribution in [3.8, 4) is 0 Å². The lowest BCUT2D eigenvalue weighted by molar-refractivity contribution is -0.144. The zero-order chi connectivity index (χ0) is 11.6. The molecule has 15 heavy (non-hydrogen) atoms. The van der Waals surface area contributed by atoms with Crippen molar-refractivity contribution in [3.63, 3.8) is 0 Å². The van der Waals surface area contributed by atoms with Gasteiger partial charge in [-0.05, 0) is 18.3 Å². The molecule has 1 heterocycles. The van der Waals surface area contributed by atoms with Gasteiger partial charge in [0, 0.05) is 6.54 Å². The summed E-state index contributed by atoms with van der Waals surface area (Å²) in [6.45, 7) is 4.48. The van der Waals surface area contributed by atoms with Gasteiger partial charge >= 0.3 is 0 Å². The van der Waals surface area contributed by atoms with Crippen LogP contribution in [0.15, 0.2) is 0 Å². The first-order valence-corrected chi connectivity index (χ1v) is 5.58. The molecule has 2 N–H and O–H groups in total. The van der Waals surface area contributed by atoms with Gasteiger partial charge in [0.25, 0.3) is 0 Å². The maximum Gasteiger partial charge on any atom is 0.240 e. The lowest BCUT2D eigenvalue weighted by atomic mass is 9.76. The summed E-state index contributed by atoms with van der Waals surface area (Å²) in [5.74, 6) is -0.758. The minimum Gasteiger partial charge on any atom is -0.368 e. The Morgan fingerprint density at radius 3 is 2.60 bits per heavy atom. The lowest BCUT2D eigenvalue weighted by Crippen LogP contribution is -2.58. The summed E-state index contributed by atoms with van der Waals surface area (Å²) in [6, 6.07) is -0.530. The summed E-state index contributed by atoms with van der Waals surface area (Å²) < 4.78 is 0. The summed E-state index contributed by atoms with van der Waals surface area (Å²) in [5.41, 5.74) is 5.09. The quantitative estimate of drug-likeness (QED) is 0.714. The highest BCUT2D eigenvalue weighted by Crippen LogP contribution is 2.35. The van der Waals surface area contributed by atoms with E-state index in [4.69, 9.17) is 17.3 Å². The van der Waals surface area contributed by atoms with Crippen LogP contribution in [0.25, 0.3) is 0 Å². The molecule has 0 aromatic heterocycles. The van der Waals surface area contributed by atoms with E-state index in [1.165, 1.54) is 4.90 Å². The summed E-state index contributed by atoms with van der Waals surface area (Å²) in [6.07, 6.45) is 1.78. The van der Waals surface area contributed by atoms with Crippen LogP contribution in [0.5, 0.6) is 0 Å². The molecule has 5 heteroatoms. The van der Waals surface area contributed by atoms with Gasteiger partial charge in [-0.1, -0.05) is 13.8 Å². The molecule has 2 amide bonds. The summed E-state index contributed by atoms with van der Waals surface area (Å²) in [4.78, 5) is 24.5. The number of rotatable bonds is 2. The zero-order valence-corrected chi connectivity index (χ0v) is 9.88. The van der Waals surface area contributed by atoms with E-state index in [1.807, 2.05) is 13.8 Å². The smallest absolute Gasteiger partial charge is 0.240 e. The standard InChI is InChI=1S/C10H17ClN2O2/c1-10(2)4-3-5-13(7(14)6-11)8(10)9(12)15/h8H,3-6H2,1-2H3,(H2,12,15)/t8-/m1/s1. The molecule has 1 atom stereocenters. The van der Waals surface area contributed by atoms with Crippen LogP contribution in [-0.2, 0) is 9.59 Å². The van der Waals surface area contributed by atoms with E-state index in [0.717, 1.165) is 12.8 Å². The number of piperidine rings is 1. The highest BCUT2D eigenvalue weighted by Gasteiger charge is 2.42. The van der Waals surface area contributed by atoms with E-state index in [1.54, 1.807) is 0 Å². The van der Waals surface area contributed by atoms with E-state index in [0.29, 0.717) is 6.54 Å². The molecular weight excluding hydrogens is 216 g/mol. The lowest BCUT2D eigenvalue weighted by Gasteiger charge is -2.44. The molecular formula is C10H17ClN2O2. The molecule has 1 aliphatic heterocycles. The average molecular weight is 233 g/mol. The Balaban J connectivity index is 2.94. The number of alkyl halides is 1. The molecule has 0 unspecified atom stereocenters. The molecule has 86 valence electrons. The predicted molar refractivity (Wildman–Crippen MR) is 58.4 cm³/mol. The first-order valence-electron chi connectivity index (χ1n) is 5.05. The van der Waals surface area contributed by atoms with E-state index >= 15 is 0 Å². The highest BCUT2D eigenvalue weighted by molar-refractivity contribution is 6.27. The molecule has 4 nitrogen and oxygen atoms in total. The van der Waals surface area contributed by atoms with Gasteiger partial charge in [0.1, 0.15) is 11.9 Å². The fraction of sp³-hybridized carbons (Fsp3) is 0.800. The van der Waals surface area contributed by atoms with Crippen LogP contribution in [-0.4, -0.2) is 35.2 Å². The monoisotopic (exact) mass is 232 g/mol. The third-order valence-corrected chi connectivity index (χ3v) is 3.20. The number of likely N-dealkylation sites (tertiary alicyclic amines) is 1. The normalized spacial score (nSPS) is 25.0. The van der Waals surface area contributed by atoms with Gasteiger partial charge in [-0.25, -0.2) is 0 Å². The number of carbonyl (C=O) groups is 2. The van der Waals surface area contributed by atoms with Crippen LogP contribution in [0.2, 0.25) is 0 Å². The Bertz CT molecular complexity index is 279. The van der Waals surface area contributed by atoms with Crippen molar-refractivity contribution < 1.29 is 9.59 Å². The van der Waals surface area contributed by atoms with Crippen molar-refractivity contribution in [2.75, 3.05) is 12.4 Å². The molecule has 0 spiro atoms. The van der Waals surface area contributed by atoms with Crippen LogP contribution in [0.3, 0.4) is 0 Å². The average Bonchev–Trinajstić information content (AvgIpc) is 2.14. The van der Waals surface area contributed by atoms with Gasteiger partial charge in [-0.3, -0.25) is 9.59 Å². The van der Waals surface area contributed by atoms with E-state index in [2.05, 4.69) is 0 Å². The molecule has 1 aliphatic rings. The first-order chi connectivity index (χ1) is 6.90. The minimum absolute atomic E-state index is 0.0974. The number of carbonyl (C=O) groups excluding carboxylic acids is 2. The Morgan fingerprint density at radius 1 is 1.53 bits per heavy atom. The number of primary amides is 1. The fourth-order valence-corrected chi connectivity index (χ4v) is 2.43. The Kier molecular flexibility index (Phi) is 3.60. The van der Waals surface area contributed by atoms with Gasteiger partial charge in [-0.2, -0.15) is 0 Å². The van der Waals surface area contributed by atoms with Crippen molar-refractivity contribution in [3.05, 3.63) is 0 Å². The van der Waals surface area contributed by atoms with Crippen molar-refractivity contribution >= 4 is 23.4 Å². The number of hydrogen-bond donors (Lipinski definition) is 1. The maximum absolute atomic E-state index is 11.6. The van der Waals surface area contributed by atoms with Gasteiger partial charge in [0.15, 0.2) is 0 Å². The highest BCUT2D eigenvalue weighted by atomic mass is 35.5. The molecule has 0 saturated carbocycles. The van der Waals surface area contributed by atoms with Crippen LogP contribution < -0.4 is 5.73 Å². The van der Waals surface area contributed by atoms with Gasteiger partial charge in [0.05, 0.1) is 0 Å². The number of hydrogen-bond acceptors (Lipinski definition) is 2. The van der Waals surface area contributed by atoms with Crippen LogP contribution in [0.1, 0.15) is 26.7 Å². The molecule has 1 saturated heterocycles. The Labute approximate surface area is 94.7 Å². The van der Waals surface area contributed by atoms with Crippen LogP contribution >= 0.6 is 11.6 Å². The SMILES string of the molecule is CC1(C)CCCN(C(=O)CCl)[C@@H]1C(N)=O. The molecule has 1 rings (SSSR count). The van der Waals surface area contributed by atoms with Crippen molar-refractivity contribution in [1.29, 1.82) is 0 Å². The van der Waals surface area contributed by atoms with Crippen LogP contribution in [0, 0.1) is 5.41 Å². The second-order valence-corrected chi connectivity index (χ2v) is 4.89. The molecule has 0 bridgehead atoms. The summed E-state index contributed by atoms with van der Waals surface area (Å²) in [7, 11) is 0. The van der Waals surface area contributed by atoms with Crippen molar-refractivity contribution in [2.24, 2.45) is 11.1 Å². The zero-order valence-electron chi connectivity index (χ0n) is 9.12. The minimum atomic E-state index is -0.530. The summed E-state index contributed by atoms with van der Waals surface area (Å²) >= 11 is 5.51. The van der Waals surface area contributed by atoms with E-state index < -0.39 is 11.9 Å². The van der Waals surface area contributed by atoms with E-state index in [9.17, 15) is 9.59 Å². The van der Waals surface area contributed by atoms with Gasteiger partial charge in [-0.15, -0.1) is 11.6 Å². The second-order valence-electron chi connectivity index (χ2n) is 4.62. The third-order valence-electron chi connectivity index (χ3n) is 2.98. The topological polar surface area (TPSA) is 63.4 Å². The molecule has 0 aromatic rings. The van der Waals surface area contributed by atoms with Gasteiger partial charge < -0.3 is 10.6 Å². The third kappa shape index (κ3) is 2.43. The molecule has 0 aliphatic carbocycles. The Morgan fingerprint density at radius 2 is 2.13 bits per heavy atom. The summed E-state index contributed by atoms with van der Waals surface area (Å²) in [5, 5.41) is 0. The second kappa shape index (κ2) is 4.39. The largest absolute Gasteiger partial charge is 0.368 e. The van der Waals surface area contributed by atoms with Crippen molar-refractivity contribution in [2.45, 2.75) is 32.7 Å². The van der Waals surface area contributed by atoms with E-state index in [-0.39, 0.29) is 17.2 Å². The number of nitrogens with two attached hydrogens (primary N) is 1. The number of halogens is 1. The van der Waals surface area contributed by atoms with Crippen molar-refractivity contribution in [1.82, 2.24) is 4.90 Å². The molecule has 1 fully saturated rings. The predicted octanol–water partition coefficient (Wildman–Crippen LogP) is 0.728. The number of amides is 2. The fourth-order valence-electron chi connectivity index (χ4n) is 2.28. The number of nitrogens with zero attached hydrogens (tertiary/aromatic N) is 1. The first kappa shape index (κ1) is 12.3. The molecule has 0 radical (unpaired) electrons. The maximum atomic E-state index is 11.6.